The summed E-state index contributed by atoms with van der Waals surface area (Å²) in [7, 11) is 3.28. The molecule has 0 aliphatic rings. The normalized spacial score (nSPS) is 10.7. The summed E-state index contributed by atoms with van der Waals surface area (Å²) in [6, 6.07) is 5.82. The molecule has 0 bridgehead atoms. The van der Waals surface area contributed by atoms with Crippen LogP contribution in [0.4, 0.5) is 0 Å². The lowest BCUT2D eigenvalue weighted by Crippen LogP contribution is -2.00. The number of aromatic nitrogens is 1. The zero-order chi connectivity index (χ0) is 11.7. The molecular weight excluding hydrogens is 204 g/mol. The van der Waals surface area contributed by atoms with Crippen molar-refractivity contribution in [1.29, 1.82) is 0 Å². The molecule has 0 saturated heterocycles. The van der Waals surface area contributed by atoms with Crippen LogP contribution in [-0.4, -0.2) is 17.6 Å². The van der Waals surface area contributed by atoms with Gasteiger partial charge < -0.3 is 15.0 Å². The minimum absolute atomic E-state index is 0.314. The van der Waals surface area contributed by atoms with Crippen LogP contribution in [0.2, 0.25) is 0 Å². The Morgan fingerprint density at radius 1 is 1.50 bits per heavy atom. The van der Waals surface area contributed by atoms with E-state index >= 15 is 0 Å². The summed E-state index contributed by atoms with van der Waals surface area (Å²) in [5.41, 5.74) is 8.21. The van der Waals surface area contributed by atoms with E-state index in [0.29, 0.717) is 12.1 Å². The third-order valence-corrected chi connectivity index (χ3v) is 2.70. The predicted molar refractivity (Wildman–Crippen MR) is 62.1 cm³/mol. The van der Waals surface area contributed by atoms with Crippen molar-refractivity contribution in [2.45, 2.75) is 6.54 Å². The van der Waals surface area contributed by atoms with Crippen LogP contribution in [0, 0.1) is 0 Å². The quantitative estimate of drug-likeness (QED) is 0.776. The van der Waals surface area contributed by atoms with Gasteiger partial charge in [0.15, 0.2) is 0 Å². The summed E-state index contributed by atoms with van der Waals surface area (Å²) in [6.07, 6.45) is 1.77. The number of hydrogen-bond acceptors (Lipinski definition) is 3. The van der Waals surface area contributed by atoms with Gasteiger partial charge in [-0.05, 0) is 11.6 Å². The standard InChI is InChI=1S/C12H14N2O2/c1-14-7-10(12(15)16-2)9-4-3-8(6-13)5-11(9)14/h3-5,7H,6,13H2,1-2H3. The van der Waals surface area contributed by atoms with Crippen LogP contribution in [0.3, 0.4) is 0 Å². The molecule has 84 valence electrons. The molecule has 16 heavy (non-hydrogen) atoms. The molecule has 0 radical (unpaired) electrons. The van der Waals surface area contributed by atoms with E-state index in [-0.39, 0.29) is 5.97 Å². The molecule has 1 aromatic heterocycles. The molecule has 1 aromatic carbocycles. The minimum atomic E-state index is -0.314. The topological polar surface area (TPSA) is 57.2 Å². The van der Waals surface area contributed by atoms with Crippen molar-refractivity contribution in [3.63, 3.8) is 0 Å². The highest BCUT2D eigenvalue weighted by Gasteiger charge is 2.13. The minimum Gasteiger partial charge on any atom is -0.465 e. The van der Waals surface area contributed by atoms with Gasteiger partial charge in [0.1, 0.15) is 0 Å². The van der Waals surface area contributed by atoms with Crippen molar-refractivity contribution in [1.82, 2.24) is 4.57 Å². The average Bonchev–Trinajstić information content (AvgIpc) is 2.65. The van der Waals surface area contributed by atoms with Gasteiger partial charge >= 0.3 is 5.97 Å². The highest BCUT2D eigenvalue weighted by Crippen LogP contribution is 2.22. The number of carbonyl (C=O) groups is 1. The van der Waals surface area contributed by atoms with Crippen LogP contribution < -0.4 is 5.73 Å². The van der Waals surface area contributed by atoms with E-state index in [1.165, 1.54) is 7.11 Å². The maximum atomic E-state index is 11.5. The van der Waals surface area contributed by atoms with E-state index in [2.05, 4.69) is 0 Å². The molecule has 4 heteroatoms. The number of aryl methyl sites for hydroxylation is 1. The third-order valence-electron chi connectivity index (χ3n) is 2.70. The van der Waals surface area contributed by atoms with E-state index in [4.69, 9.17) is 10.5 Å². The molecule has 0 spiro atoms. The van der Waals surface area contributed by atoms with E-state index in [9.17, 15) is 4.79 Å². The Labute approximate surface area is 93.6 Å². The van der Waals surface area contributed by atoms with Crippen molar-refractivity contribution in [2.24, 2.45) is 12.8 Å². The lowest BCUT2D eigenvalue weighted by atomic mass is 10.1. The largest absolute Gasteiger partial charge is 0.465 e. The van der Waals surface area contributed by atoms with Crippen molar-refractivity contribution in [2.75, 3.05) is 7.11 Å². The fourth-order valence-electron chi connectivity index (χ4n) is 1.83. The van der Waals surface area contributed by atoms with Crippen LogP contribution in [0.1, 0.15) is 15.9 Å². The smallest absolute Gasteiger partial charge is 0.340 e. The summed E-state index contributed by atoms with van der Waals surface area (Å²) in [4.78, 5) is 11.5. The maximum absolute atomic E-state index is 11.5. The lowest BCUT2D eigenvalue weighted by molar-refractivity contribution is 0.0603. The van der Waals surface area contributed by atoms with Crippen molar-refractivity contribution < 1.29 is 9.53 Å². The van der Waals surface area contributed by atoms with Gasteiger partial charge in [-0.3, -0.25) is 0 Å². The molecule has 1 heterocycles. The molecule has 0 aliphatic carbocycles. The first-order chi connectivity index (χ1) is 7.67. The average molecular weight is 218 g/mol. The molecule has 0 unspecified atom stereocenters. The van der Waals surface area contributed by atoms with Gasteiger partial charge in [0.2, 0.25) is 0 Å². The van der Waals surface area contributed by atoms with E-state index in [0.717, 1.165) is 16.5 Å². The fraction of sp³-hybridized carbons (Fsp3) is 0.250. The van der Waals surface area contributed by atoms with Crippen LogP contribution in [-0.2, 0) is 18.3 Å². The van der Waals surface area contributed by atoms with Gasteiger partial charge in [-0.15, -0.1) is 0 Å². The first kappa shape index (κ1) is 10.7. The zero-order valence-corrected chi connectivity index (χ0v) is 9.36. The van der Waals surface area contributed by atoms with Gasteiger partial charge in [0.05, 0.1) is 12.7 Å². The van der Waals surface area contributed by atoms with Crippen molar-refractivity contribution in [3.05, 3.63) is 35.5 Å². The molecular formula is C12H14N2O2. The second-order valence-corrected chi connectivity index (χ2v) is 3.70. The SMILES string of the molecule is COC(=O)c1cn(C)c2cc(CN)ccc12. The number of carbonyl (C=O) groups excluding carboxylic acids is 1. The van der Waals surface area contributed by atoms with Crippen LogP contribution in [0.25, 0.3) is 10.9 Å². The Bertz CT molecular complexity index is 543. The summed E-state index contributed by atoms with van der Waals surface area (Å²) in [5, 5.41) is 0.895. The summed E-state index contributed by atoms with van der Waals surface area (Å²) in [5.74, 6) is -0.314. The number of ether oxygens (including phenoxy) is 1. The molecule has 0 saturated carbocycles. The second kappa shape index (κ2) is 3.98. The molecule has 2 aromatic rings. The number of benzene rings is 1. The fourth-order valence-corrected chi connectivity index (χ4v) is 1.83. The number of nitrogens with zero attached hydrogens (tertiary/aromatic N) is 1. The van der Waals surface area contributed by atoms with E-state index in [1.807, 2.05) is 29.8 Å². The van der Waals surface area contributed by atoms with E-state index < -0.39 is 0 Å². The first-order valence-corrected chi connectivity index (χ1v) is 5.03. The summed E-state index contributed by atoms with van der Waals surface area (Å²) >= 11 is 0. The molecule has 2 N–H and O–H groups in total. The van der Waals surface area contributed by atoms with Crippen LogP contribution in [0.15, 0.2) is 24.4 Å². The first-order valence-electron chi connectivity index (χ1n) is 5.03. The Morgan fingerprint density at radius 2 is 2.25 bits per heavy atom. The number of methoxy groups -OCH3 is 1. The van der Waals surface area contributed by atoms with Gasteiger partial charge in [-0.25, -0.2) is 4.79 Å². The van der Waals surface area contributed by atoms with Crippen molar-refractivity contribution >= 4 is 16.9 Å². The molecule has 0 fully saturated rings. The predicted octanol–water partition coefficient (Wildman–Crippen LogP) is 1.42. The lowest BCUT2D eigenvalue weighted by Gasteiger charge is -2.00. The number of fused-ring (bicyclic) bond motifs is 1. The number of nitrogens with two attached hydrogens (primary N) is 1. The Morgan fingerprint density at radius 3 is 2.88 bits per heavy atom. The van der Waals surface area contributed by atoms with Gasteiger partial charge in [0, 0.05) is 30.7 Å². The van der Waals surface area contributed by atoms with Crippen LogP contribution >= 0.6 is 0 Å². The second-order valence-electron chi connectivity index (χ2n) is 3.70. The third kappa shape index (κ3) is 1.57. The Hall–Kier alpha value is -1.81. The number of rotatable bonds is 2. The summed E-state index contributed by atoms with van der Waals surface area (Å²) < 4.78 is 6.64. The molecule has 4 nitrogen and oxygen atoms in total. The van der Waals surface area contributed by atoms with Crippen LogP contribution in [0.5, 0.6) is 0 Å². The van der Waals surface area contributed by atoms with Gasteiger partial charge in [-0.1, -0.05) is 12.1 Å². The molecule has 2 rings (SSSR count). The molecule has 0 atom stereocenters. The highest BCUT2D eigenvalue weighted by molar-refractivity contribution is 6.04. The van der Waals surface area contributed by atoms with Gasteiger partial charge in [-0.2, -0.15) is 0 Å². The van der Waals surface area contributed by atoms with Gasteiger partial charge in [0.25, 0.3) is 0 Å². The maximum Gasteiger partial charge on any atom is 0.340 e. The Kier molecular flexibility index (Phi) is 2.66. The number of hydrogen-bond donors (Lipinski definition) is 1. The van der Waals surface area contributed by atoms with Crippen molar-refractivity contribution in [3.8, 4) is 0 Å². The monoisotopic (exact) mass is 218 g/mol. The molecule has 0 aliphatic heterocycles. The molecule has 0 amide bonds. The Balaban J connectivity index is 2.67. The highest BCUT2D eigenvalue weighted by atomic mass is 16.5. The zero-order valence-electron chi connectivity index (χ0n) is 9.36. The van der Waals surface area contributed by atoms with E-state index in [1.54, 1.807) is 6.20 Å². The number of esters is 1. The summed E-state index contributed by atoms with van der Waals surface area (Å²) in [6.45, 7) is 0.495.